The third kappa shape index (κ3) is 5.81. The second-order valence-corrected chi connectivity index (χ2v) is 7.15. The number of hydrogen-bond acceptors (Lipinski definition) is 5. The monoisotopic (exact) mass is 413 g/mol. The van der Waals surface area contributed by atoms with Crippen molar-refractivity contribution in [3.05, 3.63) is 65.5 Å². The molecule has 0 saturated heterocycles. The molecule has 1 heterocycles. The Balaban J connectivity index is 1.59. The van der Waals surface area contributed by atoms with E-state index < -0.39 is 0 Å². The third-order valence-electron chi connectivity index (χ3n) is 4.69. The van der Waals surface area contributed by atoms with E-state index in [-0.39, 0.29) is 18.6 Å². The van der Waals surface area contributed by atoms with E-state index >= 15 is 0 Å². The first-order valence-electron chi connectivity index (χ1n) is 9.62. The van der Waals surface area contributed by atoms with E-state index in [0.717, 1.165) is 12.0 Å². The quantitative estimate of drug-likeness (QED) is 0.511. The zero-order valence-corrected chi connectivity index (χ0v) is 17.3. The largest absolute Gasteiger partial charge is 0.484 e. The van der Waals surface area contributed by atoms with Crippen LogP contribution in [0.4, 0.5) is 0 Å². The zero-order chi connectivity index (χ0) is 20.6. The van der Waals surface area contributed by atoms with Crippen molar-refractivity contribution in [1.82, 2.24) is 15.0 Å². The summed E-state index contributed by atoms with van der Waals surface area (Å²) < 4.78 is 11.0. The fourth-order valence-electron chi connectivity index (χ4n) is 2.85. The molecule has 7 heteroatoms. The van der Waals surface area contributed by atoms with Crippen LogP contribution in [0.5, 0.6) is 5.75 Å². The standard InChI is InChI=1S/C22H24ClN3O3/c1-3-16(2)26(21(27)15-28-19-11-9-18(23)10-12-19)14-13-20-24-22(25-29-20)17-7-5-4-6-8-17/h4-12,16H,3,13-15H2,1-2H3. The van der Waals surface area contributed by atoms with Gasteiger partial charge < -0.3 is 14.2 Å². The molecule has 0 aliphatic carbocycles. The van der Waals surface area contributed by atoms with Crippen molar-refractivity contribution < 1.29 is 14.1 Å². The molecule has 3 rings (SSSR count). The summed E-state index contributed by atoms with van der Waals surface area (Å²) in [5.41, 5.74) is 0.897. The molecule has 0 fully saturated rings. The van der Waals surface area contributed by atoms with Gasteiger partial charge in [-0.15, -0.1) is 0 Å². The number of amides is 1. The third-order valence-corrected chi connectivity index (χ3v) is 4.94. The Morgan fingerprint density at radius 1 is 1.17 bits per heavy atom. The van der Waals surface area contributed by atoms with Crippen molar-refractivity contribution in [3.63, 3.8) is 0 Å². The lowest BCUT2D eigenvalue weighted by atomic mass is 10.2. The summed E-state index contributed by atoms with van der Waals surface area (Å²) in [7, 11) is 0. The second-order valence-electron chi connectivity index (χ2n) is 6.71. The molecule has 0 aliphatic rings. The van der Waals surface area contributed by atoms with Crippen LogP contribution in [0.1, 0.15) is 26.2 Å². The van der Waals surface area contributed by atoms with Crippen molar-refractivity contribution in [2.75, 3.05) is 13.2 Å². The highest BCUT2D eigenvalue weighted by Crippen LogP contribution is 2.17. The molecule has 3 aromatic rings. The number of rotatable bonds is 9. The summed E-state index contributed by atoms with van der Waals surface area (Å²) in [5.74, 6) is 1.57. The lowest BCUT2D eigenvalue weighted by Crippen LogP contribution is -2.42. The number of carbonyl (C=O) groups is 1. The predicted octanol–water partition coefficient (Wildman–Crippen LogP) is 4.64. The predicted molar refractivity (Wildman–Crippen MR) is 112 cm³/mol. The number of benzene rings is 2. The highest BCUT2D eigenvalue weighted by atomic mass is 35.5. The van der Waals surface area contributed by atoms with Crippen molar-refractivity contribution in [2.45, 2.75) is 32.7 Å². The molecule has 6 nitrogen and oxygen atoms in total. The Morgan fingerprint density at radius 2 is 1.90 bits per heavy atom. The number of halogens is 1. The van der Waals surface area contributed by atoms with Gasteiger partial charge in [0.25, 0.3) is 5.91 Å². The van der Waals surface area contributed by atoms with E-state index in [1.165, 1.54) is 0 Å². The molecular weight excluding hydrogens is 390 g/mol. The minimum absolute atomic E-state index is 0.0366. The molecule has 0 aliphatic heterocycles. The number of ether oxygens (including phenoxy) is 1. The molecular formula is C22H24ClN3O3. The topological polar surface area (TPSA) is 68.5 Å². The highest BCUT2D eigenvalue weighted by Gasteiger charge is 2.20. The van der Waals surface area contributed by atoms with E-state index in [1.54, 1.807) is 29.2 Å². The van der Waals surface area contributed by atoms with Gasteiger partial charge >= 0.3 is 0 Å². The molecule has 152 valence electrons. The van der Waals surface area contributed by atoms with Gasteiger partial charge in [0, 0.05) is 29.6 Å². The van der Waals surface area contributed by atoms with Gasteiger partial charge in [0.15, 0.2) is 6.61 Å². The fraction of sp³-hybridized carbons (Fsp3) is 0.318. The summed E-state index contributed by atoms with van der Waals surface area (Å²) in [6.45, 7) is 4.51. The average molecular weight is 414 g/mol. The van der Waals surface area contributed by atoms with Crippen LogP contribution < -0.4 is 4.74 Å². The van der Waals surface area contributed by atoms with Crippen molar-refractivity contribution in [1.29, 1.82) is 0 Å². The number of aromatic nitrogens is 2. The van der Waals surface area contributed by atoms with Crippen LogP contribution in [0.3, 0.4) is 0 Å². The number of carbonyl (C=O) groups excluding carboxylic acids is 1. The molecule has 0 N–H and O–H groups in total. The van der Waals surface area contributed by atoms with Crippen molar-refractivity contribution >= 4 is 17.5 Å². The molecule has 1 unspecified atom stereocenters. The molecule has 0 saturated carbocycles. The molecule has 1 aromatic heterocycles. The van der Waals surface area contributed by atoms with Gasteiger partial charge in [-0.3, -0.25) is 4.79 Å². The first-order valence-corrected chi connectivity index (χ1v) is 10.0. The van der Waals surface area contributed by atoms with Gasteiger partial charge in [-0.05, 0) is 37.6 Å². The minimum atomic E-state index is -0.0860. The second kappa shape index (κ2) is 10.1. The first kappa shape index (κ1) is 20.9. The molecule has 29 heavy (non-hydrogen) atoms. The van der Waals surface area contributed by atoms with Gasteiger partial charge in [-0.1, -0.05) is 54.0 Å². The first-order chi connectivity index (χ1) is 14.1. The summed E-state index contributed by atoms with van der Waals surface area (Å²) in [5, 5.41) is 4.66. The Kier molecular flexibility index (Phi) is 7.25. The van der Waals surface area contributed by atoms with E-state index in [9.17, 15) is 4.79 Å². The maximum atomic E-state index is 12.7. The molecule has 0 spiro atoms. The Morgan fingerprint density at radius 3 is 2.59 bits per heavy atom. The Labute approximate surface area is 175 Å². The van der Waals surface area contributed by atoms with E-state index in [1.807, 2.05) is 44.2 Å². The van der Waals surface area contributed by atoms with Crippen LogP contribution in [-0.4, -0.2) is 40.1 Å². The molecule has 0 bridgehead atoms. The molecule has 2 aromatic carbocycles. The van der Waals surface area contributed by atoms with Gasteiger partial charge in [0.1, 0.15) is 5.75 Å². The summed E-state index contributed by atoms with van der Waals surface area (Å²) in [4.78, 5) is 19.0. The van der Waals surface area contributed by atoms with E-state index in [2.05, 4.69) is 10.1 Å². The van der Waals surface area contributed by atoms with Gasteiger partial charge in [0.2, 0.25) is 11.7 Å². The van der Waals surface area contributed by atoms with Crippen molar-refractivity contribution in [2.24, 2.45) is 0 Å². The van der Waals surface area contributed by atoms with Crippen LogP contribution in [0.2, 0.25) is 5.02 Å². The van der Waals surface area contributed by atoms with Crippen LogP contribution in [0, 0.1) is 0 Å². The van der Waals surface area contributed by atoms with Gasteiger partial charge in [-0.25, -0.2) is 0 Å². The van der Waals surface area contributed by atoms with Crippen LogP contribution >= 0.6 is 11.6 Å². The van der Waals surface area contributed by atoms with Gasteiger partial charge in [-0.2, -0.15) is 4.98 Å². The van der Waals surface area contributed by atoms with Gasteiger partial charge in [0.05, 0.1) is 0 Å². The smallest absolute Gasteiger partial charge is 0.260 e. The SMILES string of the molecule is CCC(C)N(CCc1nc(-c2ccccc2)no1)C(=O)COc1ccc(Cl)cc1. The fourth-order valence-corrected chi connectivity index (χ4v) is 2.97. The van der Waals surface area contributed by atoms with E-state index in [0.29, 0.717) is 35.5 Å². The minimum Gasteiger partial charge on any atom is -0.484 e. The lowest BCUT2D eigenvalue weighted by Gasteiger charge is -2.28. The molecule has 1 atom stereocenters. The average Bonchev–Trinajstić information content (AvgIpc) is 3.23. The van der Waals surface area contributed by atoms with Crippen molar-refractivity contribution in [3.8, 4) is 17.1 Å². The maximum absolute atomic E-state index is 12.7. The number of nitrogens with zero attached hydrogens (tertiary/aromatic N) is 3. The van der Waals surface area contributed by atoms with E-state index in [4.69, 9.17) is 20.9 Å². The van der Waals surface area contributed by atoms with Crippen LogP contribution in [-0.2, 0) is 11.2 Å². The summed E-state index contributed by atoms with van der Waals surface area (Å²) in [6, 6.07) is 16.7. The summed E-state index contributed by atoms with van der Waals surface area (Å²) >= 11 is 5.87. The lowest BCUT2D eigenvalue weighted by molar-refractivity contribution is -0.135. The van der Waals surface area contributed by atoms with Crippen LogP contribution in [0.15, 0.2) is 59.1 Å². The highest BCUT2D eigenvalue weighted by molar-refractivity contribution is 6.30. The molecule has 0 radical (unpaired) electrons. The maximum Gasteiger partial charge on any atom is 0.260 e. The Bertz CT molecular complexity index is 913. The van der Waals surface area contributed by atoms with Crippen LogP contribution in [0.25, 0.3) is 11.4 Å². The Hall–Kier alpha value is -2.86. The summed E-state index contributed by atoms with van der Waals surface area (Å²) in [6.07, 6.45) is 1.32. The number of hydrogen-bond donors (Lipinski definition) is 0. The normalized spacial score (nSPS) is 11.8. The zero-order valence-electron chi connectivity index (χ0n) is 16.5. The molecule has 1 amide bonds.